The first-order chi connectivity index (χ1) is 12.8. The summed E-state index contributed by atoms with van der Waals surface area (Å²) in [5.74, 6) is 5.13. The largest absolute Gasteiger partial charge is 0.494 e. The van der Waals surface area contributed by atoms with Crippen LogP contribution in [0, 0.1) is 17.7 Å². The molecule has 2 aromatic carbocycles. The minimum atomic E-state index is -4.41. The number of hydrogen-bond donors (Lipinski definition) is 1. The Morgan fingerprint density at radius 2 is 1.85 bits per heavy atom. The average molecular weight is 379 g/mol. The van der Waals surface area contributed by atoms with Crippen LogP contribution >= 0.6 is 0 Å². The first-order valence-corrected chi connectivity index (χ1v) is 8.16. The fourth-order valence-electron chi connectivity index (χ4n) is 2.10. The molecule has 0 fully saturated rings. The zero-order valence-electron chi connectivity index (χ0n) is 14.3. The summed E-state index contributed by atoms with van der Waals surface area (Å²) >= 11 is 0. The Balaban J connectivity index is 1.68. The van der Waals surface area contributed by atoms with Crippen molar-refractivity contribution in [1.82, 2.24) is 5.32 Å². The second-order valence-electron chi connectivity index (χ2n) is 5.56. The van der Waals surface area contributed by atoms with Crippen LogP contribution < -0.4 is 10.1 Å². The molecule has 3 nitrogen and oxygen atoms in total. The molecule has 7 heteroatoms. The fourth-order valence-corrected chi connectivity index (χ4v) is 2.10. The highest BCUT2D eigenvalue weighted by Crippen LogP contribution is 2.29. The van der Waals surface area contributed by atoms with Crippen LogP contribution in [0.2, 0.25) is 0 Å². The molecule has 0 saturated carbocycles. The summed E-state index contributed by atoms with van der Waals surface area (Å²) in [7, 11) is 0. The van der Waals surface area contributed by atoms with Crippen molar-refractivity contribution in [1.29, 1.82) is 0 Å². The third-order valence-corrected chi connectivity index (χ3v) is 3.43. The normalized spacial score (nSPS) is 10.7. The summed E-state index contributed by atoms with van der Waals surface area (Å²) in [6.45, 7) is 0.336. The Morgan fingerprint density at radius 1 is 1.11 bits per heavy atom. The second-order valence-corrected chi connectivity index (χ2v) is 5.56. The van der Waals surface area contributed by atoms with E-state index in [1.54, 1.807) is 0 Å². The highest BCUT2D eigenvalue weighted by atomic mass is 19.4. The third-order valence-electron chi connectivity index (χ3n) is 3.43. The van der Waals surface area contributed by atoms with Gasteiger partial charge in [0.1, 0.15) is 11.6 Å². The van der Waals surface area contributed by atoms with Crippen molar-refractivity contribution in [2.75, 3.05) is 13.2 Å². The lowest BCUT2D eigenvalue weighted by Gasteiger charge is -2.06. The standard InChI is InChI=1S/C20H17F4NO2/c21-17-8-10-18(11-9-17)27-13-3-7-19(26)25-12-2-5-15-4-1-6-16(14-15)20(22,23)24/h1,4,6,8-11,14H,3,7,12-13H2,(H,25,26). The second kappa shape index (κ2) is 9.62. The van der Waals surface area contributed by atoms with Gasteiger partial charge in [-0.15, -0.1) is 0 Å². The number of nitrogens with one attached hydrogen (secondary N) is 1. The monoisotopic (exact) mass is 379 g/mol. The van der Waals surface area contributed by atoms with E-state index in [0.29, 0.717) is 18.8 Å². The summed E-state index contributed by atoms with van der Waals surface area (Å²) in [6, 6.07) is 10.2. The fraction of sp³-hybridized carbons (Fsp3) is 0.250. The molecule has 0 aliphatic carbocycles. The van der Waals surface area contributed by atoms with Gasteiger partial charge in [0.05, 0.1) is 18.7 Å². The molecular weight excluding hydrogens is 362 g/mol. The molecule has 0 atom stereocenters. The average Bonchev–Trinajstić information content (AvgIpc) is 2.63. The van der Waals surface area contributed by atoms with Gasteiger partial charge in [-0.3, -0.25) is 4.79 Å². The van der Waals surface area contributed by atoms with E-state index >= 15 is 0 Å². The smallest absolute Gasteiger partial charge is 0.416 e. The molecule has 2 aromatic rings. The molecule has 1 amide bonds. The molecular formula is C20H17F4NO2. The number of benzene rings is 2. The number of halogens is 4. The van der Waals surface area contributed by atoms with Crippen molar-refractivity contribution in [3.8, 4) is 17.6 Å². The number of hydrogen-bond acceptors (Lipinski definition) is 2. The molecule has 27 heavy (non-hydrogen) atoms. The molecule has 0 spiro atoms. The van der Waals surface area contributed by atoms with Crippen molar-refractivity contribution in [2.45, 2.75) is 19.0 Å². The summed E-state index contributed by atoms with van der Waals surface area (Å²) in [5.41, 5.74) is -0.536. The number of amides is 1. The minimum Gasteiger partial charge on any atom is -0.494 e. The molecule has 0 radical (unpaired) electrons. The molecule has 0 aliphatic rings. The van der Waals surface area contributed by atoms with E-state index in [2.05, 4.69) is 17.2 Å². The van der Waals surface area contributed by atoms with Crippen LogP contribution in [0.5, 0.6) is 5.75 Å². The van der Waals surface area contributed by atoms with Crippen molar-refractivity contribution >= 4 is 5.91 Å². The van der Waals surface area contributed by atoms with E-state index in [1.165, 1.54) is 36.4 Å². The van der Waals surface area contributed by atoms with E-state index < -0.39 is 11.7 Å². The Labute approximate surface area is 154 Å². The van der Waals surface area contributed by atoms with Gasteiger partial charge in [-0.2, -0.15) is 13.2 Å². The number of carbonyl (C=O) groups is 1. The van der Waals surface area contributed by atoms with Gasteiger partial charge in [0.2, 0.25) is 5.91 Å². The highest BCUT2D eigenvalue weighted by Gasteiger charge is 2.30. The van der Waals surface area contributed by atoms with Gasteiger partial charge in [0.25, 0.3) is 0 Å². The number of carbonyl (C=O) groups excluding carboxylic acids is 1. The number of rotatable bonds is 6. The van der Waals surface area contributed by atoms with Crippen molar-refractivity contribution in [3.05, 3.63) is 65.5 Å². The van der Waals surface area contributed by atoms with Crippen molar-refractivity contribution in [2.24, 2.45) is 0 Å². The van der Waals surface area contributed by atoms with Gasteiger partial charge < -0.3 is 10.1 Å². The van der Waals surface area contributed by atoms with Crippen LogP contribution in [0.3, 0.4) is 0 Å². The molecule has 2 rings (SSSR count). The summed E-state index contributed by atoms with van der Waals surface area (Å²) in [5, 5.41) is 2.56. The van der Waals surface area contributed by atoms with E-state index in [-0.39, 0.29) is 30.3 Å². The quantitative estimate of drug-likeness (QED) is 0.465. The van der Waals surface area contributed by atoms with E-state index in [0.717, 1.165) is 12.1 Å². The summed E-state index contributed by atoms with van der Waals surface area (Å²) in [4.78, 5) is 11.7. The van der Waals surface area contributed by atoms with Gasteiger partial charge in [0.15, 0.2) is 0 Å². The molecule has 142 valence electrons. The Morgan fingerprint density at radius 3 is 2.56 bits per heavy atom. The SMILES string of the molecule is O=C(CCCOc1ccc(F)cc1)NCC#Cc1cccc(C(F)(F)F)c1. The Bertz CT molecular complexity index is 820. The molecule has 0 saturated heterocycles. The van der Waals surface area contributed by atoms with Gasteiger partial charge >= 0.3 is 6.18 Å². The summed E-state index contributed by atoms with van der Waals surface area (Å²) in [6.07, 6.45) is -3.74. The summed E-state index contributed by atoms with van der Waals surface area (Å²) < 4.78 is 55.9. The maximum Gasteiger partial charge on any atom is 0.416 e. The third kappa shape index (κ3) is 7.40. The molecule has 0 aliphatic heterocycles. The van der Waals surface area contributed by atoms with E-state index in [1.807, 2.05) is 0 Å². The minimum absolute atomic E-state index is 0.0356. The van der Waals surface area contributed by atoms with Crippen LogP contribution in [0.4, 0.5) is 17.6 Å². The number of ether oxygens (including phenoxy) is 1. The zero-order chi connectivity index (χ0) is 19.7. The topological polar surface area (TPSA) is 38.3 Å². The molecule has 0 unspecified atom stereocenters. The Kier molecular flexibility index (Phi) is 7.24. The van der Waals surface area contributed by atoms with Gasteiger partial charge in [0, 0.05) is 12.0 Å². The van der Waals surface area contributed by atoms with Gasteiger partial charge in [-0.1, -0.05) is 17.9 Å². The molecule has 0 heterocycles. The lowest BCUT2D eigenvalue weighted by atomic mass is 10.1. The van der Waals surface area contributed by atoms with Crippen LogP contribution in [-0.2, 0) is 11.0 Å². The lowest BCUT2D eigenvalue weighted by molar-refractivity contribution is -0.137. The maximum absolute atomic E-state index is 12.7. The predicted molar refractivity (Wildman–Crippen MR) is 92.5 cm³/mol. The van der Waals surface area contributed by atoms with Gasteiger partial charge in [-0.05, 0) is 48.9 Å². The van der Waals surface area contributed by atoms with Crippen molar-refractivity contribution in [3.63, 3.8) is 0 Å². The maximum atomic E-state index is 12.7. The molecule has 1 N–H and O–H groups in total. The highest BCUT2D eigenvalue weighted by molar-refractivity contribution is 5.76. The van der Waals surface area contributed by atoms with Crippen LogP contribution in [0.25, 0.3) is 0 Å². The zero-order valence-corrected chi connectivity index (χ0v) is 14.3. The first kappa shape index (κ1) is 20.3. The number of alkyl halides is 3. The predicted octanol–water partition coefficient (Wildman–Crippen LogP) is 4.17. The van der Waals surface area contributed by atoms with Gasteiger partial charge in [-0.25, -0.2) is 4.39 Å². The molecule has 0 bridgehead atoms. The van der Waals surface area contributed by atoms with Crippen LogP contribution in [0.15, 0.2) is 48.5 Å². The Hall–Kier alpha value is -3.01. The van der Waals surface area contributed by atoms with Crippen molar-refractivity contribution < 1.29 is 27.1 Å². The van der Waals surface area contributed by atoms with Crippen LogP contribution in [-0.4, -0.2) is 19.1 Å². The van der Waals surface area contributed by atoms with Crippen LogP contribution in [0.1, 0.15) is 24.0 Å². The van der Waals surface area contributed by atoms with E-state index in [9.17, 15) is 22.4 Å². The lowest BCUT2D eigenvalue weighted by Crippen LogP contribution is -2.23. The first-order valence-electron chi connectivity index (χ1n) is 8.16. The molecule has 0 aromatic heterocycles. The van der Waals surface area contributed by atoms with E-state index in [4.69, 9.17) is 4.74 Å².